The molecule has 0 radical (unpaired) electrons. The van der Waals surface area contributed by atoms with Crippen LogP contribution < -0.4 is 11.5 Å². The summed E-state index contributed by atoms with van der Waals surface area (Å²) < 4.78 is 4.85. The normalized spacial score (nSPS) is 9.81. The number of aromatic hydroxyl groups is 2. The maximum absolute atomic E-state index is 9.23. The average Bonchev–Trinajstić information content (AvgIpc) is 2.46. The molecule has 0 unspecified atom stereocenters. The highest BCUT2D eigenvalue weighted by molar-refractivity contribution is 5.47. The van der Waals surface area contributed by atoms with E-state index in [0.717, 1.165) is 0 Å². The van der Waals surface area contributed by atoms with Gasteiger partial charge in [0, 0.05) is 29.6 Å². The standard InChI is InChI=1S/C8H11NO2.C7H9NO2/c1-11-5-6-4-7(9)2-3-8(6)10;8-6-1-2-7(10)5(3-6)4-9/h2-4,10H,5,9H2,1H3;1-3,9-10H,4,8H2. The number of hydrogen-bond acceptors (Lipinski definition) is 6. The molecular weight excluding hydrogens is 272 g/mol. The summed E-state index contributed by atoms with van der Waals surface area (Å²) in [6.07, 6.45) is 0. The summed E-state index contributed by atoms with van der Waals surface area (Å²) in [4.78, 5) is 0. The summed E-state index contributed by atoms with van der Waals surface area (Å²) in [6, 6.07) is 9.47. The number of benzene rings is 2. The third-order valence-corrected chi connectivity index (χ3v) is 2.68. The molecule has 114 valence electrons. The summed E-state index contributed by atoms with van der Waals surface area (Å²) in [5.41, 5.74) is 13.2. The summed E-state index contributed by atoms with van der Waals surface area (Å²) in [6.45, 7) is 0.202. The van der Waals surface area contributed by atoms with Crippen LogP contribution in [0.4, 0.5) is 11.4 Å². The number of nitrogen functional groups attached to an aromatic ring is 2. The fraction of sp³-hybridized carbons (Fsp3) is 0.200. The first kappa shape index (κ1) is 16.6. The average molecular weight is 292 g/mol. The van der Waals surface area contributed by atoms with E-state index in [-0.39, 0.29) is 18.1 Å². The molecule has 2 aromatic carbocycles. The van der Waals surface area contributed by atoms with Gasteiger partial charge in [0.25, 0.3) is 0 Å². The second-order valence-electron chi connectivity index (χ2n) is 4.37. The summed E-state index contributed by atoms with van der Waals surface area (Å²) >= 11 is 0. The second kappa shape index (κ2) is 7.98. The molecule has 2 aromatic rings. The fourth-order valence-corrected chi connectivity index (χ4v) is 1.61. The van der Waals surface area contributed by atoms with E-state index in [1.807, 2.05) is 0 Å². The molecule has 0 aliphatic carbocycles. The number of hydrogen-bond donors (Lipinski definition) is 5. The van der Waals surface area contributed by atoms with Gasteiger partial charge in [0.05, 0.1) is 13.2 Å². The second-order valence-corrected chi connectivity index (χ2v) is 4.37. The first-order chi connectivity index (χ1) is 9.97. The Bertz CT molecular complexity index is 588. The van der Waals surface area contributed by atoms with Crippen LogP contribution in [0.25, 0.3) is 0 Å². The maximum atomic E-state index is 9.23. The molecular formula is C15H20N2O4. The van der Waals surface area contributed by atoms with Crippen molar-refractivity contribution in [3.63, 3.8) is 0 Å². The minimum Gasteiger partial charge on any atom is -0.508 e. The van der Waals surface area contributed by atoms with E-state index in [0.29, 0.717) is 29.1 Å². The topological polar surface area (TPSA) is 122 Å². The third-order valence-electron chi connectivity index (χ3n) is 2.68. The van der Waals surface area contributed by atoms with Gasteiger partial charge in [0.2, 0.25) is 0 Å². The van der Waals surface area contributed by atoms with Crippen LogP contribution in [0.2, 0.25) is 0 Å². The van der Waals surface area contributed by atoms with Gasteiger partial charge in [-0.15, -0.1) is 0 Å². The van der Waals surface area contributed by atoms with Gasteiger partial charge in [-0.2, -0.15) is 0 Å². The fourth-order valence-electron chi connectivity index (χ4n) is 1.61. The van der Waals surface area contributed by atoms with Crippen molar-refractivity contribution in [2.24, 2.45) is 0 Å². The number of rotatable bonds is 3. The zero-order chi connectivity index (χ0) is 15.8. The van der Waals surface area contributed by atoms with E-state index in [1.54, 1.807) is 31.4 Å². The minimum atomic E-state index is -0.184. The van der Waals surface area contributed by atoms with Crippen molar-refractivity contribution < 1.29 is 20.1 Å². The van der Waals surface area contributed by atoms with Crippen LogP contribution in [0.1, 0.15) is 11.1 Å². The number of phenols is 2. The van der Waals surface area contributed by atoms with Crippen LogP contribution in [-0.2, 0) is 18.0 Å². The number of nitrogens with two attached hydrogens (primary N) is 2. The molecule has 0 aromatic heterocycles. The molecule has 0 amide bonds. The zero-order valence-corrected chi connectivity index (χ0v) is 11.8. The maximum Gasteiger partial charge on any atom is 0.121 e. The van der Waals surface area contributed by atoms with Crippen molar-refractivity contribution in [2.45, 2.75) is 13.2 Å². The van der Waals surface area contributed by atoms with Gasteiger partial charge >= 0.3 is 0 Å². The van der Waals surface area contributed by atoms with Crippen LogP contribution in [0, 0.1) is 0 Å². The molecule has 2 rings (SSSR count). The Labute approximate surface area is 123 Å². The number of ether oxygens (including phenoxy) is 1. The van der Waals surface area contributed by atoms with Crippen LogP contribution >= 0.6 is 0 Å². The molecule has 6 nitrogen and oxygen atoms in total. The zero-order valence-electron chi connectivity index (χ0n) is 11.8. The number of aliphatic hydroxyl groups excluding tert-OH is 1. The minimum absolute atomic E-state index is 0.0803. The monoisotopic (exact) mass is 292 g/mol. The summed E-state index contributed by atoms with van der Waals surface area (Å²) in [5.74, 6) is 0.303. The van der Waals surface area contributed by atoms with E-state index in [1.165, 1.54) is 12.1 Å². The molecule has 0 spiro atoms. The molecule has 21 heavy (non-hydrogen) atoms. The molecule has 0 saturated carbocycles. The van der Waals surface area contributed by atoms with Crippen LogP contribution in [0.3, 0.4) is 0 Å². The Hall–Kier alpha value is -2.44. The highest BCUT2D eigenvalue weighted by atomic mass is 16.5. The third kappa shape index (κ3) is 5.21. The van der Waals surface area contributed by atoms with Gasteiger partial charge < -0.3 is 31.5 Å². The first-order valence-corrected chi connectivity index (χ1v) is 6.22. The summed E-state index contributed by atoms with van der Waals surface area (Å²) in [7, 11) is 1.57. The lowest BCUT2D eigenvalue weighted by Gasteiger charge is -2.03. The van der Waals surface area contributed by atoms with Crippen molar-refractivity contribution in [2.75, 3.05) is 18.6 Å². The van der Waals surface area contributed by atoms with Gasteiger partial charge in [-0.25, -0.2) is 0 Å². The van der Waals surface area contributed by atoms with Crippen LogP contribution in [0.5, 0.6) is 11.5 Å². The number of aliphatic hydroxyl groups is 1. The Morgan fingerprint density at radius 1 is 0.905 bits per heavy atom. The molecule has 0 atom stereocenters. The number of methoxy groups -OCH3 is 1. The Balaban J connectivity index is 0.000000211. The largest absolute Gasteiger partial charge is 0.508 e. The van der Waals surface area contributed by atoms with Crippen molar-refractivity contribution in [3.8, 4) is 11.5 Å². The molecule has 0 aliphatic rings. The smallest absolute Gasteiger partial charge is 0.121 e. The van der Waals surface area contributed by atoms with Crippen molar-refractivity contribution >= 4 is 11.4 Å². The highest BCUT2D eigenvalue weighted by Crippen LogP contribution is 2.20. The predicted molar refractivity (Wildman–Crippen MR) is 81.7 cm³/mol. The van der Waals surface area contributed by atoms with Gasteiger partial charge in [-0.05, 0) is 36.4 Å². The molecule has 7 N–H and O–H groups in total. The Morgan fingerprint density at radius 2 is 1.38 bits per heavy atom. The van der Waals surface area contributed by atoms with Crippen LogP contribution in [-0.4, -0.2) is 22.4 Å². The SMILES string of the molecule is COCc1cc(N)ccc1O.Nc1ccc(O)c(CO)c1. The highest BCUT2D eigenvalue weighted by Gasteiger charge is 1.99. The van der Waals surface area contributed by atoms with E-state index in [4.69, 9.17) is 26.4 Å². The van der Waals surface area contributed by atoms with Gasteiger partial charge in [0.15, 0.2) is 0 Å². The lowest BCUT2D eigenvalue weighted by atomic mass is 10.2. The Kier molecular flexibility index (Phi) is 6.32. The van der Waals surface area contributed by atoms with Gasteiger partial charge in [0.1, 0.15) is 11.5 Å². The lowest BCUT2D eigenvalue weighted by molar-refractivity contribution is 0.182. The quantitative estimate of drug-likeness (QED) is 0.432. The van der Waals surface area contributed by atoms with E-state index in [9.17, 15) is 5.11 Å². The van der Waals surface area contributed by atoms with Crippen molar-refractivity contribution in [1.82, 2.24) is 0 Å². The first-order valence-electron chi connectivity index (χ1n) is 6.22. The molecule has 0 fully saturated rings. The van der Waals surface area contributed by atoms with Crippen molar-refractivity contribution in [1.29, 1.82) is 0 Å². The van der Waals surface area contributed by atoms with E-state index in [2.05, 4.69) is 0 Å². The molecule has 0 bridgehead atoms. The Morgan fingerprint density at radius 3 is 1.81 bits per heavy atom. The number of anilines is 2. The molecule has 0 saturated heterocycles. The van der Waals surface area contributed by atoms with Gasteiger partial charge in [-0.3, -0.25) is 0 Å². The summed E-state index contributed by atoms with van der Waals surface area (Å²) in [5, 5.41) is 26.9. The number of phenolic OH excluding ortho intramolecular Hbond substituents is 1. The lowest BCUT2D eigenvalue weighted by Crippen LogP contribution is -1.91. The van der Waals surface area contributed by atoms with E-state index < -0.39 is 0 Å². The molecule has 6 heteroatoms. The van der Waals surface area contributed by atoms with E-state index >= 15 is 0 Å². The molecule has 0 aliphatic heterocycles. The molecule has 0 heterocycles. The predicted octanol–water partition coefficient (Wildman–Crippen LogP) is 1.59. The van der Waals surface area contributed by atoms with Gasteiger partial charge in [-0.1, -0.05) is 0 Å². The van der Waals surface area contributed by atoms with Crippen molar-refractivity contribution in [3.05, 3.63) is 47.5 Å². The van der Waals surface area contributed by atoms with Crippen LogP contribution in [0.15, 0.2) is 36.4 Å².